The van der Waals surface area contributed by atoms with E-state index in [1.54, 1.807) is 11.0 Å². The molecule has 3 rings (SSSR count). The summed E-state index contributed by atoms with van der Waals surface area (Å²) in [7, 11) is 0. The highest BCUT2D eigenvalue weighted by Crippen LogP contribution is 2.24. The summed E-state index contributed by atoms with van der Waals surface area (Å²) in [6, 6.07) is 13.5. The zero-order chi connectivity index (χ0) is 19.2. The number of hydrogen-bond acceptors (Lipinski definition) is 3. The van der Waals surface area contributed by atoms with Crippen LogP contribution in [0.1, 0.15) is 30.1 Å². The van der Waals surface area contributed by atoms with Crippen LogP contribution in [0.25, 0.3) is 0 Å². The van der Waals surface area contributed by atoms with Gasteiger partial charge in [0.15, 0.2) is 0 Å². The van der Waals surface area contributed by atoms with Crippen LogP contribution >= 0.6 is 0 Å². The summed E-state index contributed by atoms with van der Waals surface area (Å²) in [5, 5.41) is 2.73. The minimum atomic E-state index is -0.453. The van der Waals surface area contributed by atoms with Gasteiger partial charge < -0.3 is 15.1 Å². The summed E-state index contributed by atoms with van der Waals surface area (Å²) < 4.78 is 13.2. The number of carbonyl (C=O) groups excluding carboxylic acids is 2. The van der Waals surface area contributed by atoms with E-state index in [1.807, 2.05) is 24.3 Å². The van der Waals surface area contributed by atoms with Gasteiger partial charge in [-0.05, 0) is 55.3 Å². The quantitative estimate of drug-likeness (QED) is 0.851. The third kappa shape index (κ3) is 4.84. The van der Waals surface area contributed by atoms with E-state index >= 15 is 0 Å². The highest BCUT2D eigenvalue weighted by atomic mass is 19.1. The first-order valence-electron chi connectivity index (χ1n) is 9.21. The number of anilines is 2. The Labute approximate surface area is 158 Å². The SMILES string of the molecule is CC(=O)N(CCNC(=O)c1cccc(F)c1)c1ccc(N2CCCC2)cc1. The fourth-order valence-corrected chi connectivity index (χ4v) is 3.30. The number of rotatable bonds is 6. The van der Waals surface area contributed by atoms with E-state index in [-0.39, 0.29) is 23.9 Å². The van der Waals surface area contributed by atoms with Crippen LogP contribution in [0.3, 0.4) is 0 Å². The smallest absolute Gasteiger partial charge is 0.251 e. The molecule has 142 valence electrons. The lowest BCUT2D eigenvalue weighted by molar-refractivity contribution is -0.116. The van der Waals surface area contributed by atoms with Crippen LogP contribution in [0.4, 0.5) is 15.8 Å². The monoisotopic (exact) mass is 369 g/mol. The Morgan fingerprint density at radius 3 is 2.44 bits per heavy atom. The van der Waals surface area contributed by atoms with Crippen LogP contribution in [0.2, 0.25) is 0 Å². The molecule has 0 radical (unpaired) electrons. The Hall–Kier alpha value is -2.89. The molecule has 0 atom stereocenters. The van der Waals surface area contributed by atoms with Crippen molar-refractivity contribution in [3.63, 3.8) is 0 Å². The molecule has 1 aliphatic rings. The van der Waals surface area contributed by atoms with Crippen LogP contribution in [-0.4, -0.2) is 38.0 Å². The second-order valence-electron chi connectivity index (χ2n) is 6.65. The molecule has 1 fully saturated rings. The lowest BCUT2D eigenvalue weighted by Crippen LogP contribution is -2.37. The highest BCUT2D eigenvalue weighted by Gasteiger charge is 2.15. The van der Waals surface area contributed by atoms with Crippen molar-refractivity contribution < 1.29 is 14.0 Å². The number of amides is 2. The third-order valence-corrected chi connectivity index (χ3v) is 4.72. The Bertz CT molecular complexity index is 801. The molecule has 2 aromatic carbocycles. The van der Waals surface area contributed by atoms with Gasteiger partial charge in [0, 0.05) is 50.0 Å². The summed E-state index contributed by atoms with van der Waals surface area (Å²) >= 11 is 0. The molecule has 1 heterocycles. The lowest BCUT2D eigenvalue weighted by atomic mass is 10.2. The Kier molecular flexibility index (Phi) is 6.06. The number of halogens is 1. The number of carbonyl (C=O) groups is 2. The third-order valence-electron chi connectivity index (χ3n) is 4.72. The van der Waals surface area contributed by atoms with Crippen LogP contribution in [0.15, 0.2) is 48.5 Å². The van der Waals surface area contributed by atoms with Crippen molar-refractivity contribution in [1.82, 2.24) is 5.32 Å². The lowest BCUT2D eigenvalue weighted by Gasteiger charge is -2.23. The minimum Gasteiger partial charge on any atom is -0.372 e. The normalized spacial score (nSPS) is 13.5. The average Bonchev–Trinajstić information content (AvgIpc) is 3.20. The van der Waals surface area contributed by atoms with E-state index in [4.69, 9.17) is 0 Å². The second kappa shape index (κ2) is 8.66. The Balaban J connectivity index is 1.59. The highest BCUT2D eigenvalue weighted by molar-refractivity contribution is 5.94. The fraction of sp³-hybridized carbons (Fsp3) is 0.333. The van der Waals surface area contributed by atoms with Gasteiger partial charge in [0.2, 0.25) is 5.91 Å². The molecule has 0 unspecified atom stereocenters. The first kappa shape index (κ1) is 18.9. The van der Waals surface area contributed by atoms with Crippen molar-refractivity contribution in [2.75, 3.05) is 36.0 Å². The van der Waals surface area contributed by atoms with Crippen molar-refractivity contribution >= 4 is 23.2 Å². The molecule has 0 aliphatic carbocycles. The van der Waals surface area contributed by atoms with Crippen LogP contribution in [0.5, 0.6) is 0 Å². The molecule has 5 nitrogen and oxygen atoms in total. The maximum atomic E-state index is 13.2. The van der Waals surface area contributed by atoms with E-state index < -0.39 is 5.82 Å². The summed E-state index contributed by atoms with van der Waals surface area (Å²) in [4.78, 5) is 28.1. The van der Waals surface area contributed by atoms with Crippen LogP contribution in [-0.2, 0) is 4.79 Å². The van der Waals surface area contributed by atoms with Crippen molar-refractivity contribution in [2.24, 2.45) is 0 Å². The van der Waals surface area contributed by atoms with E-state index in [9.17, 15) is 14.0 Å². The molecule has 0 saturated carbocycles. The van der Waals surface area contributed by atoms with Gasteiger partial charge in [-0.15, -0.1) is 0 Å². The maximum absolute atomic E-state index is 13.2. The predicted octanol–water partition coefficient (Wildman–Crippen LogP) is 3.21. The van der Waals surface area contributed by atoms with E-state index in [0.717, 1.165) is 18.8 Å². The Morgan fingerprint density at radius 2 is 1.81 bits per heavy atom. The zero-order valence-electron chi connectivity index (χ0n) is 15.5. The largest absolute Gasteiger partial charge is 0.372 e. The summed E-state index contributed by atoms with van der Waals surface area (Å²) in [5.41, 5.74) is 2.23. The van der Waals surface area contributed by atoms with Gasteiger partial charge in [-0.3, -0.25) is 9.59 Å². The molecule has 27 heavy (non-hydrogen) atoms. The van der Waals surface area contributed by atoms with Gasteiger partial charge in [0.1, 0.15) is 5.82 Å². The van der Waals surface area contributed by atoms with Gasteiger partial charge in [0.05, 0.1) is 0 Å². The molecule has 0 spiro atoms. The number of nitrogens with one attached hydrogen (secondary N) is 1. The zero-order valence-corrected chi connectivity index (χ0v) is 15.5. The number of benzene rings is 2. The van der Waals surface area contributed by atoms with E-state index in [1.165, 1.54) is 43.7 Å². The van der Waals surface area contributed by atoms with Gasteiger partial charge in [-0.2, -0.15) is 0 Å². The Morgan fingerprint density at radius 1 is 1.11 bits per heavy atom. The molecule has 1 N–H and O–H groups in total. The molecule has 6 heteroatoms. The molecule has 0 aromatic heterocycles. The van der Waals surface area contributed by atoms with Gasteiger partial charge in [0.25, 0.3) is 5.91 Å². The van der Waals surface area contributed by atoms with Gasteiger partial charge in [-0.25, -0.2) is 4.39 Å². The molecule has 2 aromatic rings. The van der Waals surface area contributed by atoms with E-state index in [2.05, 4.69) is 10.2 Å². The summed E-state index contributed by atoms with van der Waals surface area (Å²) in [6.07, 6.45) is 2.43. The molecule has 1 saturated heterocycles. The standard InChI is InChI=1S/C21H24FN3O2/c1-16(26)25(14-11-23-21(27)17-5-4-6-18(22)15-17)20-9-7-19(8-10-20)24-12-2-3-13-24/h4-10,15H,2-3,11-14H2,1H3,(H,23,27). The van der Waals surface area contributed by atoms with Crippen LogP contribution in [0, 0.1) is 5.82 Å². The van der Waals surface area contributed by atoms with Crippen molar-refractivity contribution in [3.8, 4) is 0 Å². The first-order chi connectivity index (χ1) is 13.0. The van der Waals surface area contributed by atoms with E-state index in [0.29, 0.717) is 6.54 Å². The van der Waals surface area contributed by atoms with Gasteiger partial charge >= 0.3 is 0 Å². The van der Waals surface area contributed by atoms with Crippen molar-refractivity contribution in [2.45, 2.75) is 19.8 Å². The van der Waals surface area contributed by atoms with Gasteiger partial charge in [-0.1, -0.05) is 6.07 Å². The molecule has 1 aliphatic heterocycles. The summed E-state index contributed by atoms with van der Waals surface area (Å²) in [5.74, 6) is -0.905. The topological polar surface area (TPSA) is 52.7 Å². The minimum absolute atomic E-state index is 0.0936. The van der Waals surface area contributed by atoms with Crippen LogP contribution < -0.4 is 15.1 Å². The average molecular weight is 369 g/mol. The number of hydrogen-bond donors (Lipinski definition) is 1. The summed E-state index contributed by atoms with van der Waals surface area (Å²) in [6.45, 7) is 4.27. The molecule has 2 amide bonds. The first-order valence-corrected chi connectivity index (χ1v) is 9.21. The van der Waals surface area contributed by atoms with Crippen molar-refractivity contribution in [3.05, 3.63) is 59.9 Å². The predicted molar refractivity (Wildman–Crippen MR) is 105 cm³/mol. The molecular formula is C21H24FN3O2. The second-order valence-corrected chi connectivity index (χ2v) is 6.65. The molecular weight excluding hydrogens is 345 g/mol. The maximum Gasteiger partial charge on any atom is 0.251 e. The number of nitrogens with zero attached hydrogens (tertiary/aromatic N) is 2. The fourth-order valence-electron chi connectivity index (χ4n) is 3.30. The molecule has 0 bridgehead atoms. The van der Waals surface area contributed by atoms with Crippen molar-refractivity contribution in [1.29, 1.82) is 0 Å².